The Balaban J connectivity index is 1.32. The molecule has 0 bridgehead atoms. The highest BCUT2D eigenvalue weighted by Gasteiger charge is 2.58. The maximum Gasteiger partial charge on any atom is 0.271 e. The predicted molar refractivity (Wildman–Crippen MR) is 126 cm³/mol. The molecule has 0 radical (unpaired) electrons. The van der Waals surface area contributed by atoms with Crippen LogP contribution < -0.4 is 5.43 Å². The van der Waals surface area contributed by atoms with Crippen LogP contribution in [0.3, 0.4) is 0 Å². The number of aliphatic hydroxyl groups is 1. The van der Waals surface area contributed by atoms with Gasteiger partial charge in [0, 0.05) is 18.0 Å². The standard InChI is InChI=1S/C27H37N3O2/c1-17(29-30-25(32)18-10-14-28-15-11-18)22-6-7-23-21-5-4-19-16-20(31)8-12-26(19,2)24(21)9-13-27(22,23)3/h6,10-11,14-15,19-21,23-24,31H,4-5,7-9,12-13,16H2,1-3H3,(H,30,32)/t19-,20-,21+,23+,24-,26-,27+/m0/s1. The van der Waals surface area contributed by atoms with Crippen LogP contribution >= 0.6 is 0 Å². The van der Waals surface area contributed by atoms with Gasteiger partial charge >= 0.3 is 0 Å². The second-order valence-electron chi connectivity index (χ2n) is 11.3. The number of hydrazone groups is 1. The van der Waals surface area contributed by atoms with E-state index in [2.05, 4.69) is 35.4 Å². The Morgan fingerprint density at radius 2 is 1.91 bits per heavy atom. The van der Waals surface area contributed by atoms with Gasteiger partial charge in [-0.25, -0.2) is 5.43 Å². The van der Waals surface area contributed by atoms with E-state index in [0.717, 1.165) is 36.8 Å². The maximum absolute atomic E-state index is 12.4. The molecule has 5 heteroatoms. The van der Waals surface area contributed by atoms with Gasteiger partial charge in [0.05, 0.1) is 11.8 Å². The van der Waals surface area contributed by atoms with Crippen LogP contribution in [-0.4, -0.2) is 27.8 Å². The molecule has 0 aromatic carbocycles. The summed E-state index contributed by atoms with van der Waals surface area (Å²) >= 11 is 0. The number of hydrogen-bond acceptors (Lipinski definition) is 4. The largest absolute Gasteiger partial charge is 0.393 e. The van der Waals surface area contributed by atoms with Gasteiger partial charge in [-0.05, 0) is 110 Å². The van der Waals surface area contributed by atoms with Gasteiger partial charge in [0.15, 0.2) is 0 Å². The summed E-state index contributed by atoms with van der Waals surface area (Å²) in [6.45, 7) is 7.02. The first-order valence-corrected chi connectivity index (χ1v) is 12.5. The topological polar surface area (TPSA) is 74.6 Å². The Morgan fingerprint density at radius 3 is 2.69 bits per heavy atom. The van der Waals surface area contributed by atoms with Crippen LogP contribution in [-0.2, 0) is 0 Å². The van der Waals surface area contributed by atoms with Crippen LogP contribution in [0.5, 0.6) is 0 Å². The average Bonchev–Trinajstić information content (AvgIpc) is 3.15. The number of amides is 1. The van der Waals surface area contributed by atoms with E-state index in [1.165, 1.54) is 37.7 Å². The first-order valence-electron chi connectivity index (χ1n) is 12.5. The summed E-state index contributed by atoms with van der Waals surface area (Å²) in [5.74, 6) is 2.71. The molecule has 1 aromatic heterocycles. The lowest BCUT2D eigenvalue weighted by Crippen LogP contribution is -2.53. The Hall–Kier alpha value is -2.01. The molecule has 5 nitrogen and oxygen atoms in total. The van der Waals surface area contributed by atoms with E-state index in [-0.39, 0.29) is 17.4 Å². The van der Waals surface area contributed by atoms with Crippen molar-refractivity contribution in [2.45, 2.75) is 78.2 Å². The minimum Gasteiger partial charge on any atom is -0.393 e. The summed E-state index contributed by atoms with van der Waals surface area (Å²) in [6, 6.07) is 3.41. The predicted octanol–water partition coefficient (Wildman–Crippen LogP) is 5.13. The fourth-order valence-electron chi connectivity index (χ4n) is 8.13. The molecule has 1 heterocycles. The number of rotatable bonds is 3. The highest BCUT2D eigenvalue weighted by atomic mass is 16.3. The number of nitrogens with one attached hydrogen (secondary N) is 1. The third-order valence-corrected chi connectivity index (χ3v) is 9.88. The first kappa shape index (κ1) is 21.8. The van der Waals surface area contributed by atoms with Crippen LogP contribution in [0.25, 0.3) is 0 Å². The molecule has 3 fully saturated rings. The molecule has 3 saturated carbocycles. The molecule has 4 aliphatic carbocycles. The zero-order valence-corrected chi connectivity index (χ0v) is 19.7. The number of aromatic nitrogens is 1. The van der Waals surface area contributed by atoms with E-state index < -0.39 is 0 Å². The van der Waals surface area contributed by atoms with Crippen LogP contribution in [0.1, 0.15) is 82.5 Å². The molecule has 0 unspecified atom stereocenters. The minimum absolute atomic E-state index is 0.0838. The van der Waals surface area contributed by atoms with Crippen molar-refractivity contribution >= 4 is 11.6 Å². The second kappa shape index (κ2) is 8.09. The van der Waals surface area contributed by atoms with Gasteiger partial charge in [-0.2, -0.15) is 5.10 Å². The molecule has 172 valence electrons. The lowest BCUT2D eigenvalue weighted by atomic mass is 9.44. The zero-order chi connectivity index (χ0) is 22.5. The number of fused-ring (bicyclic) bond motifs is 5. The summed E-state index contributed by atoms with van der Waals surface area (Å²) in [4.78, 5) is 16.4. The van der Waals surface area contributed by atoms with Crippen LogP contribution in [0, 0.1) is 34.5 Å². The van der Waals surface area contributed by atoms with Crippen molar-refractivity contribution in [3.05, 3.63) is 41.7 Å². The Kier molecular flexibility index (Phi) is 5.51. The molecular weight excluding hydrogens is 398 g/mol. The maximum atomic E-state index is 12.4. The Labute approximate surface area is 191 Å². The van der Waals surface area contributed by atoms with Crippen molar-refractivity contribution in [2.24, 2.45) is 39.6 Å². The van der Waals surface area contributed by atoms with Gasteiger partial charge < -0.3 is 5.11 Å². The van der Waals surface area contributed by atoms with E-state index >= 15 is 0 Å². The summed E-state index contributed by atoms with van der Waals surface area (Å²) in [5.41, 5.74) is 6.14. The van der Waals surface area contributed by atoms with E-state index in [4.69, 9.17) is 0 Å². The van der Waals surface area contributed by atoms with Crippen molar-refractivity contribution in [3.8, 4) is 0 Å². The third kappa shape index (κ3) is 3.44. The molecule has 0 spiro atoms. The molecule has 0 aliphatic heterocycles. The average molecular weight is 436 g/mol. The van der Waals surface area contributed by atoms with Gasteiger partial charge in [0.25, 0.3) is 5.91 Å². The Morgan fingerprint density at radius 1 is 1.12 bits per heavy atom. The zero-order valence-electron chi connectivity index (χ0n) is 19.7. The quantitative estimate of drug-likeness (QED) is 0.511. The van der Waals surface area contributed by atoms with E-state index in [0.29, 0.717) is 22.8 Å². The smallest absolute Gasteiger partial charge is 0.271 e. The lowest BCUT2D eigenvalue weighted by Gasteiger charge is -2.60. The number of carbonyl (C=O) groups is 1. The normalized spacial score (nSPS) is 41.2. The SMILES string of the molecule is CC(=NNC(=O)c1ccncc1)C1=CC[C@@H]2[C@H]3CC[C@H]4C[C@@H](O)CC[C@]4(C)[C@H]3CC[C@]12C. The highest BCUT2D eigenvalue weighted by Crippen LogP contribution is 2.66. The third-order valence-electron chi connectivity index (χ3n) is 9.88. The molecular formula is C27H37N3O2. The summed E-state index contributed by atoms with van der Waals surface area (Å²) in [5, 5.41) is 14.8. The first-order chi connectivity index (χ1) is 15.3. The van der Waals surface area contributed by atoms with Gasteiger partial charge in [-0.3, -0.25) is 9.78 Å². The summed E-state index contributed by atoms with van der Waals surface area (Å²) in [6.07, 6.45) is 14.9. The molecule has 0 saturated heterocycles. The van der Waals surface area contributed by atoms with E-state index in [9.17, 15) is 9.90 Å². The van der Waals surface area contributed by atoms with Crippen molar-refractivity contribution in [1.82, 2.24) is 10.4 Å². The summed E-state index contributed by atoms with van der Waals surface area (Å²) in [7, 11) is 0. The fourth-order valence-corrected chi connectivity index (χ4v) is 8.13. The van der Waals surface area contributed by atoms with Gasteiger partial charge in [0.1, 0.15) is 0 Å². The number of hydrogen-bond donors (Lipinski definition) is 2. The lowest BCUT2D eigenvalue weighted by molar-refractivity contribution is -0.117. The molecule has 7 atom stereocenters. The minimum atomic E-state index is -0.193. The van der Waals surface area contributed by atoms with Crippen LogP contribution in [0.2, 0.25) is 0 Å². The van der Waals surface area contributed by atoms with Gasteiger partial charge in [0.2, 0.25) is 0 Å². The van der Waals surface area contributed by atoms with Crippen molar-refractivity contribution in [3.63, 3.8) is 0 Å². The number of allylic oxidation sites excluding steroid dienone is 2. The number of aliphatic hydroxyl groups excluding tert-OH is 1. The molecule has 5 rings (SSSR count). The van der Waals surface area contributed by atoms with E-state index in [1.807, 2.05) is 6.92 Å². The van der Waals surface area contributed by atoms with E-state index in [1.54, 1.807) is 24.5 Å². The molecule has 2 N–H and O–H groups in total. The van der Waals surface area contributed by atoms with Gasteiger partial charge in [-0.15, -0.1) is 0 Å². The number of carbonyl (C=O) groups excluding carboxylic acids is 1. The molecule has 4 aliphatic rings. The molecule has 1 amide bonds. The monoisotopic (exact) mass is 435 g/mol. The number of nitrogens with zero attached hydrogens (tertiary/aromatic N) is 2. The summed E-state index contributed by atoms with van der Waals surface area (Å²) < 4.78 is 0. The highest BCUT2D eigenvalue weighted by molar-refractivity contribution is 6.01. The molecule has 1 aromatic rings. The second-order valence-corrected chi connectivity index (χ2v) is 11.3. The van der Waals surface area contributed by atoms with Crippen molar-refractivity contribution in [1.29, 1.82) is 0 Å². The molecule has 32 heavy (non-hydrogen) atoms. The number of pyridine rings is 1. The van der Waals surface area contributed by atoms with Crippen molar-refractivity contribution in [2.75, 3.05) is 0 Å². The van der Waals surface area contributed by atoms with Crippen LogP contribution in [0.15, 0.2) is 41.3 Å². The van der Waals surface area contributed by atoms with Gasteiger partial charge in [-0.1, -0.05) is 19.9 Å². The Bertz CT molecular complexity index is 941. The fraction of sp³-hybridized carbons (Fsp3) is 0.667. The van der Waals surface area contributed by atoms with Crippen LogP contribution in [0.4, 0.5) is 0 Å². The van der Waals surface area contributed by atoms with Crippen molar-refractivity contribution < 1.29 is 9.90 Å².